The minimum absolute atomic E-state index is 0.725. The molecule has 3 heteroatoms. The second-order valence-corrected chi connectivity index (χ2v) is 7.80. The molecule has 3 atom stereocenters. The molecule has 3 heterocycles. The summed E-state index contributed by atoms with van der Waals surface area (Å²) in [7, 11) is 2.37. The van der Waals surface area contributed by atoms with E-state index in [9.17, 15) is 0 Å². The quantitative estimate of drug-likeness (QED) is 0.855. The fraction of sp³-hybridized carbons (Fsp3) is 1.00. The van der Waals surface area contributed by atoms with Crippen LogP contribution in [0.2, 0.25) is 0 Å². The summed E-state index contributed by atoms with van der Waals surface area (Å²) in [6.07, 6.45) is 8.50. The van der Waals surface area contributed by atoms with Crippen molar-refractivity contribution in [3.05, 3.63) is 0 Å². The lowest BCUT2D eigenvalue weighted by Crippen LogP contribution is -2.60. The van der Waals surface area contributed by atoms with Crippen LogP contribution < -0.4 is 5.32 Å². The van der Waals surface area contributed by atoms with Crippen molar-refractivity contribution in [2.75, 3.05) is 26.7 Å². The van der Waals surface area contributed by atoms with Gasteiger partial charge in [-0.2, -0.15) is 0 Å². The van der Waals surface area contributed by atoms with Crippen molar-refractivity contribution in [3.8, 4) is 0 Å². The molecule has 1 N–H and O–H groups in total. The summed E-state index contributed by atoms with van der Waals surface area (Å²) < 4.78 is 0. The lowest BCUT2D eigenvalue weighted by molar-refractivity contribution is -0.000472. The zero-order valence-corrected chi connectivity index (χ0v) is 13.6. The molecule has 2 bridgehead atoms. The Balaban J connectivity index is 1.58. The van der Waals surface area contributed by atoms with Crippen LogP contribution in [-0.2, 0) is 0 Å². The number of nitrogens with zero attached hydrogens (tertiary/aromatic N) is 2. The molecule has 20 heavy (non-hydrogen) atoms. The average Bonchev–Trinajstić information content (AvgIpc) is 2.37. The minimum Gasteiger partial charge on any atom is -0.311 e. The molecule has 0 spiro atoms. The summed E-state index contributed by atoms with van der Waals surface area (Å²) in [5, 5.41) is 3.73. The van der Waals surface area contributed by atoms with Crippen LogP contribution >= 0.6 is 0 Å². The van der Waals surface area contributed by atoms with E-state index in [4.69, 9.17) is 0 Å². The van der Waals surface area contributed by atoms with Crippen LogP contribution in [0, 0.1) is 5.92 Å². The molecule has 3 unspecified atom stereocenters. The van der Waals surface area contributed by atoms with E-state index >= 15 is 0 Å². The van der Waals surface area contributed by atoms with Crippen molar-refractivity contribution in [1.82, 2.24) is 15.1 Å². The van der Waals surface area contributed by atoms with E-state index in [1.54, 1.807) is 0 Å². The summed E-state index contributed by atoms with van der Waals surface area (Å²) in [5.74, 6) is 0.810. The molecule has 3 rings (SSSR count). The first-order chi connectivity index (χ1) is 9.63. The highest BCUT2D eigenvalue weighted by Gasteiger charge is 2.39. The number of fused-ring (bicyclic) bond motifs is 2. The van der Waals surface area contributed by atoms with Crippen LogP contribution in [0.4, 0.5) is 0 Å². The molecule has 3 nitrogen and oxygen atoms in total. The highest BCUT2D eigenvalue weighted by atomic mass is 15.3. The predicted molar refractivity (Wildman–Crippen MR) is 85.0 cm³/mol. The van der Waals surface area contributed by atoms with Gasteiger partial charge >= 0.3 is 0 Å². The van der Waals surface area contributed by atoms with Crippen LogP contribution in [0.15, 0.2) is 0 Å². The Morgan fingerprint density at radius 3 is 2.45 bits per heavy atom. The number of nitrogens with one attached hydrogen (secondary N) is 1. The number of rotatable bonds is 3. The Labute approximate surface area is 125 Å². The van der Waals surface area contributed by atoms with Crippen LogP contribution in [0.3, 0.4) is 0 Å². The first-order valence-electron chi connectivity index (χ1n) is 8.83. The van der Waals surface area contributed by atoms with Gasteiger partial charge in [-0.05, 0) is 45.1 Å². The van der Waals surface area contributed by atoms with Crippen molar-refractivity contribution in [2.24, 2.45) is 5.92 Å². The van der Waals surface area contributed by atoms with Gasteiger partial charge < -0.3 is 10.2 Å². The van der Waals surface area contributed by atoms with E-state index in [2.05, 4.69) is 36.0 Å². The topological polar surface area (TPSA) is 18.5 Å². The van der Waals surface area contributed by atoms with E-state index in [1.807, 2.05) is 0 Å². The van der Waals surface area contributed by atoms with E-state index < -0.39 is 0 Å². The second kappa shape index (κ2) is 6.33. The van der Waals surface area contributed by atoms with Gasteiger partial charge in [-0.25, -0.2) is 0 Å². The highest BCUT2D eigenvalue weighted by molar-refractivity contribution is 4.96. The SMILES string of the molecule is CC(C)CC1CN(C2CC3CCCC(C2)N3C)CCN1. The molecule has 0 aromatic carbocycles. The number of hydrogen-bond donors (Lipinski definition) is 1. The van der Waals surface area contributed by atoms with E-state index in [0.717, 1.165) is 30.1 Å². The maximum Gasteiger partial charge on any atom is 0.0198 e. The van der Waals surface area contributed by atoms with Gasteiger partial charge in [0.15, 0.2) is 0 Å². The molecule has 0 aromatic rings. The maximum atomic E-state index is 3.73. The smallest absolute Gasteiger partial charge is 0.0198 e. The first-order valence-corrected chi connectivity index (χ1v) is 8.83. The van der Waals surface area contributed by atoms with Gasteiger partial charge in [0.25, 0.3) is 0 Å². The third-order valence-corrected chi connectivity index (χ3v) is 5.87. The zero-order chi connectivity index (χ0) is 14.1. The molecule has 0 radical (unpaired) electrons. The maximum absolute atomic E-state index is 3.73. The summed E-state index contributed by atoms with van der Waals surface area (Å²) in [6, 6.07) is 3.32. The molecule has 3 fully saturated rings. The lowest BCUT2D eigenvalue weighted by atomic mass is 9.81. The fourth-order valence-electron chi connectivity index (χ4n) is 4.79. The van der Waals surface area contributed by atoms with E-state index in [0.29, 0.717) is 0 Å². The molecule has 3 aliphatic heterocycles. The Bertz CT molecular complexity index is 303. The normalized spacial score (nSPS) is 40.2. The van der Waals surface area contributed by atoms with Gasteiger partial charge in [-0.3, -0.25) is 4.90 Å². The first kappa shape index (κ1) is 14.8. The van der Waals surface area contributed by atoms with Crippen molar-refractivity contribution in [1.29, 1.82) is 0 Å². The number of piperidine rings is 2. The van der Waals surface area contributed by atoms with Gasteiger partial charge in [0.2, 0.25) is 0 Å². The van der Waals surface area contributed by atoms with Crippen molar-refractivity contribution < 1.29 is 0 Å². The molecule has 0 aliphatic carbocycles. The molecule has 0 amide bonds. The van der Waals surface area contributed by atoms with Crippen LogP contribution in [0.25, 0.3) is 0 Å². The largest absolute Gasteiger partial charge is 0.311 e. The zero-order valence-electron chi connectivity index (χ0n) is 13.6. The minimum atomic E-state index is 0.725. The molecule has 0 saturated carbocycles. The van der Waals surface area contributed by atoms with Crippen LogP contribution in [-0.4, -0.2) is 60.6 Å². The Morgan fingerprint density at radius 1 is 1.10 bits per heavy atom. The van der Waals surface area contributed by atoms with Crippen molar-refractivity contribution in [3.63, 3.8) is 0 Å². The molecule has 116 valence electrons. The molecule has 3 aliphatic rings. The van der Waals surface area contributed by atoms with Gasteiger partial charge in [0.05, 0.1) is 0 Å². The monoisotopic (exact) mass is 279 g/mol. The lowest BCUT2D eigenvalue weighted by Gasteiger charge is -2.51. The summed E-state index contributed by atoms with van der Waals surface area (Å²) in [5.41, 5.74) is 0. The predicted octanol–water partition coefficient (Wildman–Crippen LogP) is 2.32. The number of piperazine rings is 1. The van der Waals surface area contributed by atoms with Gasteiger partial charge in [-0.15, -0.1) is 0 Å². The van der Waals surface area contributed by atoms with Crippen molar-refractivity contribution >= 4 is 0 Å². The molecular formula is C17H33N3. The van der Waals surface area contributed by atoms with Gasteiger partial charge in [0, 0.05) is 43.8 Å². The third-order valence-electron chi connectivity index (χ3n) is 5.87. The summed E-state index contributed by atoms with van der Waals surface area (Å²) in [6.45, 7) is 8.44. The fourth-order valence-corrected chi connectivity index (χ4v) is 4.79. The number of hydrogen-bond acceptors (Lipinski definition) is 3. The molecule has 0 aromatic heterocycles. The highest BCUT2D eigenvalue weighted by Crippen LogP contribution is 2.35. The molecule has 3 saturated heterocycles. The average molecular weight is 279 g/mol. The van der Waals surface area contributed by atoms with E-state index in [-0.39, 0.29) is 0 Å². The van der Waals surface area contributed by atoms with Crippen LogP contribution in [0.5, 0.6) is 0 Å². The van der Waals surface area contributed by atoms with Crippen LogP contribution in [0.1, 0.15) is 52.4 Å². The Morgan fingerprint density at radius 2 is 1.80 bits per heavy atom. The van der Waals surface area contributed by atoms with E-state index in [1.165, 1.54) is 58.2 Å². The second-order valence-electron chi connectivity index (χ2n) is 7.80. The summed E-state index contributed by atoms with van der Waals surface area (Å²) in [4.78, 5) is 5.51. The molecular weight excluding hydrogens is 246 g/mol. The van der Waals surface area contributed by atoms with Gasteiger partial charge in [0.1, 0.15) is 0 Å². The van der Waals surface area contributed by atoms with Crippen molar-refractivity contribution in [2.45, 2.75) is 76.5 Å². The Kier molecular flexibility index (Phi) is 4.68. The Hall–Kier alpha value is -0.120. The third kappa shape index (κ3) is 3.20. The van der Waals surface area contributed by atoms with Gasteiger partial charge in [-0.1, -0.05) is 20.3 Å². The summed E-state index contributed by atoms with van der Waals surface area (Å²) >= 11 is 0. The standard InChI is InChI=1S/C17H33N3/c1-13(2)9-14-12-20(8-7-18-14)17-10-15-5-4-6-16(11-17)19(15)3/h13-18H,4-12H2,1-3H3.